The van der Waals surface area contributed by atoms with Gasteiger partial charge in [-0.2, -0.15) is 0 Å². The molecular weight excluding hydrogens is 542 g/mol. The van der Waals surface area contributed by atoms with Crippen molar-refractivity contribution >= 4 is 12.1 Å². The number of benzene rings is 2. The molecule has 0 unspecified atom stereocenters. The minimum atomic E-state index is -0.388. The smallest absolute Gasteiger partial charge is 0.410 e. The second-order valence-electron chi connectivity index (χ2n) is 12.8. The van der Waals surface area contributed by atoms with Crippen molar-refractivity contribution in [1.82, 2.24) is 4.90 Å². The van der Waals surface area contributed by atoms with Gasteiger partial charge in [0.25, 0.3) is 0 Å². The number of ether oxygens (including phenoxy) is 3. The van der Waals surface area contributed by atoms with E-state index in [1.807, 2.05) is 47.4 Å². The molecule has 7 heteroatoms. The number of hydrogen-bond donors (Lipinski definition) is 1. The molecule has 3 aliphatic rings. The Kier molecular flexibility index (Phi) is 11.4. The van der Waals surface area contributed by atoms with Crippen LogP contribution in [0.4, 0.5) is 4.79 Å². The number of unbranched alkanes of at least 4 members (excludes halogenated alkanes) is 2. The van der Waals surface area contributed by atoms with E-state index < -0.39 is 0 Å². The van der Waals surface area contributed by atoms with Gasteiger partial charge in [-0.25, -0.2) is 9.59 Å². The number of aliphatic hydroxyl groups excluding tert-OH is 1. The number of nitrogens with zero attached hydrogens (tertiary/aromatic N) is 1. The fourth-order valence-corrected chi connectivity index (χ4v) is 7.41. The molecule has 1 aliphatic heterocycles. The van der Waals surface area contributed by atoms with Crippen molar-refractivity contribution in [2.75, 3.05) is 19.7 Å². The van der Waals surface area contributed by atoms with Crippen LogP contribution in [-0.4, -0.2) is 54.0 Å². The summed E-state index contributed by atoms with van der Waals surface area (Å²) in [6, 6.07) is 15.7. The van der Waals surface area contributed by atoms with Crippen molar-refractivity contribution in [3.05, 3.63) is 65.2 Å². The van der Waals surface area contributed by atoms with Gasteiger partial charge in [0.15, 0.2) is 6.61 Å². The number of amides is 1. The summed E-state index contributed by atoms with van der Waals surface area (Å²) in [4.78, 5) is 27.2. The zero-order chi connectivity index (χ0) is 30.0. The highest BCUT2D eigenvalue weighted by atomic mass is 16.6. The van der Waals surface area contributed by atoms with Crippen LogP contribution in [0.1, 0.15) is 87.8 Å². The van der Waals surface area contributed by atoms with Crippen molar-refractivity contribution in [1.29, 1.82) is 0 Å². The van der Waals surface area contributed by atoms with Crippen LogP contribution in [0, 0.1) is 17.8 Å². The lowest BCUT2D eigenvalue weighted by molar-refractivity contribution is -0.147. The minimum Gasteiger partial charge on any atom is -0.482 e. The number of likely N-dealkylation sites (tertiary alicyclic amines) is 1. The maximum atomic E-state index is 12.9. The Morgan fingerprint density at radius 3 is 2.58 bits per heavy atom. The Bertz CT molecular complexity index is 1180. The highest BCUT2D eigenvalue weighted by molar-refractivity contribution is 5.71. The summed E-state index contributed by atoms with van der Waals surface area (Å²) in [7, 11) is 0. The van der Waals surface area contributed by atoms with Crippen LogP contribution >= 0.6 is 0 Å². The number of carbonyl (C=O) groups excluding carboxylic acids is 2. The third kappa shape index (κ3) is 8.53. The fraction of sp³-hybridized carbons (Fsp3) is 0.611. The molecule has 1 N–H and O–H groups in total. The zero-order valence-electron chi connectivity index (χ0n) is 25.8. The SMILES string of the molecule is CCCCC[C@@H](CC[C@@H]1[C@H]2Cc3cccc(OCC(=O)OCc4ccccc4)c3C[C@H]2C[C@H]1O)OC(=O)N1CCCCC1. The number of fused-ring (bicyclic) bond motifs is 2. The average Bonchev–Trinajstić information content (AvgIpc) is 3.34. The van der Waals surface area contributed by atoms with Crippen LogP contribution in [0.3, 0.4) is 0 Å². The summed E-state index contributed by atoms with van der Waals surface area (Å²) >= 11 is 0. The van der Waals surface area contributed by atoms with E-state index in [9.17, 15) is 14.7 Å². The largest absolute Gasteiger partial charge is 0.482 e. The van der Waals surface area contributed by atoms with E-state index in [2.05, 4.69) is 13.0 Å². The second-order valence-corrected chi connectivity index (χ2v) is 12.8. The van der Waals surface area contributed by atoms with Gasteiger partial charge in [-0.1, -0.05) is 62.2 Å². The lowest BCUT2D eigenvalue weighted by Gasteiger charge is -2.33. The summed E-state index contributed by atoms with van der Waals surface area (Å²) in [6.07, 6.45) is 11.1. The molecule has 0 radical (unpaired) electrons. The summed E-state index contributed by atoms with van der Waals surface area (Å²) < 4.78 is 17.5. The zero-order valence-corrected chi connectivity index (χ0v) is 25.8. The molecule has 7 nitrogen and oxygen atoms in total. The van der Waals surface area contributed by atoms with E-state index in [4.69, 9.17) is 14.2 Å². The Labute approximate surface area is 256 Å². The van der Waals surface area contributed by atoms with Crippen LogP contribution in [0.2, 0.25) is 0 Å². The van der Waals surface area contributed by atoms with Gasteiger partial charge >= 0.3 is 12.1 Å². The normalized spacial score (nSPS) is 23.6. The van der Waals surface area contributed by atoms with E-state index in [0.717, 1.165) is 101 Å². The molecule has 0 aromatic heterocycles. The Hall–Kier alpha value is -3.06. The summed E-state index contributed by atoms with van der Waals surface area (Å²) in [5, 5.41) is 11.2. The molecule has 2 aliphatic carbocycles. The fourth-order valence-electron chi connectivity index (χ4n) is 7.41. The lowest BCUT2D eigenvalue weighted by atomic mass is 9.73. The highest BCUT2D eigenvalue weighted by Crippen LogP contribution is 2.48. The van der Waals surface area contributed by atoms with Gasteiger partial charge in [0.05, 0.1) is 6.10 Å². The van der Waals surface area contributed by atoms with Gasteiger partial charge in [-0.15, -0.1) is 0 Å². The van der Waals surface area contributed by atoms with Gasteiger partial charge < -0.3 is 24.2 Å². The molecule has 5 atom stereocenters. The molecule has 1 amide bonds. The summed E-state index contributed by atoms with van der Waals surface area (Å²) in [5.74, 6) is 1.31. The molecule has 1 heterocycles. The first-order valence-electron chi connectivity index (χ1n) is 16.6. The first-order valence-corrected chi connectivity index (χ1v) is 16.6. The Balaban J connectivity index is 1.16. The lowest BCUT2D eigenvalue weighted by Crippen LogP contribution is -2.38. The molecule has 2 aromatic carbocycles. The Morgan fingerprint density at radius 1 is 0.977 bits per heavy atom. The number of aliphatic hydroxyl groups is 1. The van der Waals surface area contributed by atoms with E-state index in [1.165, 1.54) is 12.0 Å². The molecule has 43 heavy (non-hydrogen) atoms. The molecule has 234 valence electrons. The van der Waals surface area contributed by atoms with Gasteiger partial charge in [0, 0.05) is 13.1 Å². The van der Waals surface area contributed by atoms with E-state index in [1.54, 1.807) is 0 Å². The molecule has 1 saturated heterocycles. The van der Waals surface area contributed by atoms with Gasteiger partial charge in [0.1, 0.15) is 18.5 Å². The number of hydrogen-bond acceptors (Lipinski definition) is 6. The standard InChI is InChI=1S/C36H49NO6/c1-2-3-6-15-29(43-36(40)37-19-9-5-10-20-37)17-18-30-31-21-27-14-11-16-34(32(27)22-28(31)23-33(30)38)41-25-35(39)42-24-26-12-7-4-8-13-26/h4,7-8,11-14,16,28-31,33,38H,2-3,5-6,9-10,15,17-25H2,1H3/t28-,29-,30+,31-,33+/m0/s1. The van der Waals surface area contributed by atoms with Gasteiger partial charge in [-0.05, 0) is 105 Å². The average molecular weight is 592 g/mol. The monoisotopic (exact) mass is 591 g/mol. The van der Waals surface area contributed by atoms with E-state index >= 15 is 0 Å². The molecule has 5 rings (SSSR count). The summed E-state index contributed by atoms with van der Waals surface area (Å²) in [5.41, 5.74) is 3.34. The second kappa shape index (κ2) is 15.6. The highest BCUT2D eigenvalue weighted by Gasteiger charge is 2.45. The third-order valence-electron chi connectivity index (χ3n) is 9.77. The van der Waals surface area contributed by atoms with Gasteiger partial charge in [0.2, 0.25) is 0 Å². The number of esters is 1. The molecule has 2 fully saturated rings. The van der Waals surface area contributed by atoms with Crippen LogP contribution in [-0.2, 0) is 33.7 Å². The number of carbonyl (C=O) groups is 2. The minimum absolute atomic E-state index is 0.0928. The molecule has 0 spiro atoms. The third-order valence-corrected chi connectivity index (χ3v) is 9.77. The van der Waals surface area contributed by atoms with Crippen molar-refractivity contribution in [3.63, 3.8) is 0 Å². The molecular formula is C36H49NO6. The van der Waals surface area contributed by atoms with Crippen LogP contribution in [0.5, 0.6) is 5.75 Å². The maximum Gasteiger partial charge on any atom is 0.410 e. The predicted octanol–water partition coefficient (Wildman–Crippen LogP) is 6.87. The van der Waals surface area contributed by atoms with Gasteiger partial charge in [-0.3, -0.25) is 0 Å². The van der Waals surface area contributed by atoms with Crippen LogP contribution in [0.25, 0.3) is 0 Å². The van der Waals surface area contributed by atoms with Crippen LogP contribution < -0.4 is 4.74 Å². The van der Waals surface area contributed by atoms with Crippen molar-refractivity contribution in [2.24, 2.45) is 17.8 Å². The molecule has 0 bridgehead atoms. The number of rotatable bonds is 13. The summed E-state index contributed by atoms with van der Waals surface area (Å²) in [6.45, 7) is 3.89. The van der Waals surface area contributed by atoms with Crippen molar-refractivity contribution in [3.8, 4) is 5.75 Å². The first kappa shape index (κ1) is 31.4. The van der Waals surface area contributed by atoms with E-state index in [0.29, 0.717) is 11.8 Å². The van der Waals surface area contributed by atoms with Crippen molar-refractivity contribution in [2.45, 2.75) is 103 Å². The Morgan fingerprint density at radius 2 is 1.79 bits per heavy atom. The maximum absolute atomic E-state index is 12.9. The predicted molar refractivity (Wildman–Crippen MR) is 166 cm³/mol. The van der Waals surface area contributed by atoms with Crippen LogP contribution in [0.15, 0.2) is 48.5 Å². The topological polar surface area (TPSA) is 85.3 Å². The van der Waals surface area contributed by atoms with Crippen molar-refractivity contribution < 1.29 is 28.9 Å². The quantitative estimate of drug-likeness (QED) is 0.202. The molecule has 1 saturated carbocycles. The van der Waals surface area contributed by atoms with E-state index in [-0.39, 0.29) is 43.4 Å². The molecule has 2 aromatic rings. The number of piperidine rings is 1. The first-order chi connectivity index (χ1) is 21.0.